The molecule has 0 spiro atoms. The predicted octanol–water partition coefficient (Wildman–Crippen LogP) is 2.94. The number of aromatic hydroxyl groups is 1. The molecular formula is C11H9NOS. The number of hydrogen-bond donors (Lipinski definition) is 1. The third-order valence-corrected chi connectivity index (χ3v) is 2.69. The lowest BCUT2D eigenvalue weighted by Gasteiger charge is -2.00. The number of hydrogen-bond acceptors (Lipinski definition) is 3. The first-order chi connectivity index (χ1) is 6.84. The number of pyridine rings is 1. The Bertz CT molecular complexity index is 399. The number of benzene rings is 1. The van der Waals surface area contributed by atoms with Gasteiger partial charge in [0, 0.05) is 22.2 Å². The molecule has 0 aliphatic heterocycles. The minimum atomic E-state index is 0.292. The number of phenolic OH excluding ortho intramolecular Hbond substituents is 1. The van der Waals surface area contributed by atoms with Gasteiger partial charge >= 0.3 is 0 Å². The standard InChI is InChI=1S/C11H9NOS/c13-9-3-5-10(6-4-9)14-11-2-1-7-12-8-11/h1-8,13H. The number of aromatic nitrogens is 1. The maximum atomic E-state index is 9.10. The molecule has 70 valence electrons. The minimum absolute atomic E-state index is 0.292. The van der Waals surface area contributed by atoms with Crippen molar-refractivity contribution in [1.82, 2.24) is 4.98 Å². The Kier molecular flexibility index (Phi) is 2.70. The van der Waals surface area contributed by atoms with Crippen LogP contribution in [-0.2, 0) is 0 Å². The van der Waals surface area contributed by atoms with Gasteiger partial charge in [-0.05, 0) is 36.4 Å². The van der Waals surface area contributed by atoms with Gasteiger partial charge in [-0.3, -0.25) is 4.98 Å². The maximum Gasteiger partial charge on any atom is 0.115 e. The van der Waals surface area contributed by atoms with E-state index in [2.05, 4.69) is 4.98 Å². The highest BCUT2D eigenvalue weighted by molar-refractivity contribution is 7.99. The van der Waals surface area contributed by atoms with E-state index < -0.39 is 0 Å². The number of nitrogens with zero attached hydrogens (tertiary/aromatic N) is 1. The second-order valence-corrected chi connectivity index (χ2v) is 3.93. The van der Waals surface area contributed by atoms with Crippen LogP contribution in [0.4, 0.5) is 0 Å². The highest BCUT2D eigenvalue weighted by Crippen LogP contribution is 2.27. The largest absolute Gasteiger partial charge is 0.508 e. The van der Waals surface area contributed by atoms with Crippen molar-refractivity contribution in [2.45, 2.75) is 9.79 Å². The molecule has 1 heterocycles. The SMILES string of the molecule is Oc1ccc(Sc2cccnc2)cc1. The average molecular weight is 203 g/mol. The molecule has 2 rings (SSSR count). The molecule has 3 heteroatoms. The Hall–Kier alpha value is -1.48. The topological polar surface area (TPSA) is 33.1 Å². The van der Waals surface area contributed by atoms with Crippen molar-refractivity contribution in [3.63, 3.8) is 0 Å². The lowest BCUT2D eigenvalue weighted by atomic mass is 10.3. The summed E-state index contributed by atoms with van der Waals surface area (Å²) in [5.74, 6) is 0.292. The molecule has 2 aromatic rings. The molecule has 1 aromatic heterocycles. The van der Waals surface area contributed by atoms with E-state index in [1.54, 1.807) is 30.1 Å². The van der Waals surface area contributed by atoms with Gasteiger partial charge in [-0.15, -0.1) is 0 Å². The molecule has 0 radical (unpaired) electrons. The molecular weight excluding hydrogens is 194 g/mol. The highest BCUT2D eigenvalue weighted by atomic mass is 32.2. The van der Waals surface area contributed by atoms with Gasteiger partial charge in [-0.2, -0.15) is 0 Å². The molecule has 0 saturated heterocycles. The smallest absolute Gasteiger partial charge is 0.115 e. The third kappa shape index (κ3) is 2.26. The van der Waals surface area contributed by atoms with Crippen LogP contribution in [0.2, 0.25) is 0 Å². The molecule has 0 unspecified atom stereocenters. The van der Waals surface area contributed by atoms with Crippen LogP contribution in [0, 0.1) is 0 Å². The molecule has 0 aliphatic carbocycles. The fraction of sp³-hybridized carbons (Fsp3) is 0. The van der Waals surface area contributed by atoms with E-state index in [4.69, 9.17) is 5.11 Å². The first-order valence-corrected chi connectivity index (χ1v) is 5.03. The quantitative estimate of drug-likeness (QED) is 0.814. The second kappa shape index (κ2) is 4.15. The van der Waals surface area contributed by atoms with Crippen molar-refractivity contribution < 1.29 is 5.11 Å². The van der Waals surface area contributed by atoms with Crippen LogP contribution in [0.25, 0.3) is 0 Å². The molecule has 1 aromatic carbocycles. The van der Waals surface area contributed by atoms with Gasteiger partial charge in [0.05, 0.1) is 0 Å². The summed E-state index contributed by atoms with van der Waals surface area (Å²) < 4.78 is 0. The van der Waals surface area contributed by atoms with Crippen LogP contribution >= 0.6 is 11.8 Å². The molecule has 0 aliphatic rings. The molecule has 0 atom stereocenters. The van der Waals surface area contributed by atoms with Crippen molar-refractivity contribution in [3.8, 4) is 5.75 Å². The van der Waals surface area contributed by atoms with Crippen LogP contribution in [0.5, 0.6) is 5.75 Å². The summed E-state index contributed by atoms with van der Waals surface area (Å²) in [6.45, 7) is 0. The van der Waals surface area contributed by atoms with Gasteiger partial charge in [0.1, 0.15) is 5.75 Å². The Labute approximate surface area is 86.6 Å². The maximum absolute atomic E-state index is 9.10. The zero-order valence-corrected chi connectivity index (χ0v) is 8.24. The highest BCUT2D eigenvalue weighted by Gasteiger charge is 1.96. The predicted molar refractivity (Wildman–Crippen MR) is 56.5 cm³/mol. The van der Waals surface area contributed by atoms with E-state index in [-0.39, 0.29) is 0 Å². The van der Waals surface area contributed by atoms with E-state index in [0.29, 0.717) is 5.75 Å². The van der Waals surface area contributed by atoms with Crippen molar-refractivity contribution in [2.75, 3.05) is 0 Å². The van der Waals surface area contributed by atoms with Crippen LogP contribution in [0.15, 0.2) is 58.6 Å². The fourth-order valence-corrected chi connectivity index (χ4v) is 1.86. The number of phenols is 1. The van der Waals surface area contributed by atoms with Crippen molar-refractivity contribution in [1.29, 1.82) is 0 Å². The normalized spacial score (nSPS) is 10.0. The summed E-state index contributed by atoms with van der Waals surface area (Å²) in [5, 5.41) is 9.10. The number of rotatable bonds is 2. The van der Waals surface area contributed by atoms with Gasteiger partial charge in [0.25, 0.3) is 0 Å². The van der Waals surface area contributed by atoms with Gasteiger partial charge in [-0.25, -0.2) is 0 Å². The van der Waals surface area contributed by atoms with Gasteiger partial charge in [0.2, 0.25) is 0 Å². The summed E-state index contributed by atoms with van der Waals surface area (Å²) in [6, 6.07) is 11.0. The Balaban J connectivity index is 2.16. The minimum Gasteiger partial charge on any atom is -0.508 e. The lowest BCUT2D eigenvalue weighted by Crippen LogP contribution is -1.74. The zero-order valence-electron chi connectivity index (χ0n) is 7.42. The molecule has 0 saturated carbocycles. The zero-order chi connectivity index (χ0) is 9.80. The summed E-state index contributed by atoms with van der Waals surface area (Å²) in [5.41, 5.74) is 0. The molecule has 0 fully saturated rings. The van der Waals surface area contributed by atoms with Crippen LogP contribution < -0.4 is 0 Å². The molecule has 1 N–H and O–H groups in total. The fourth-order valence-electron chi connectivity index (χ4n) is 1.06. The van der Waals surface area contributed by atoms with E-state index in [0.717, 1.165) is 9.79 Å². The first-order valence-electron chi connectivity index (χ1n) is 4.21. The molecule has 14 heavy (non-hydrogen) atoms. The van der Waals surface area contributed by atoms with E-state index in [9.17, 15) is 0 Å². The summed E-state index contributed by atoms with van der Waals surface area (Å²) in [7, 11) is 0. The first kappa shape index (κ1) is 9.09. The molecule has 0 amide bonds. The van der Waals surface area contributed by atoms with Crippen LogP contribution in [-0.4, -0.2) is 10.1 Å². The molecule has 2 nitrogen and oxygen atoms in total. The van der Waals surface area contributed by atoms with E-state index in [1.165, 1.54) is 0 Å². The summed E-state index contributed by atoms with van der Waals surface area (Å²) >= 11 is 1.62. The Morgan fingerprint density at radius 2 is 1.79 bits per heavy atom. The van der Waals surface area contributed by atoms with Gasteiger partial charge < -0.3 is 5.11 Å². The molecule has 0 bridgehead atoms. The second-order valence-electron chi connectivity index (χ2n) is 2.78. The summed E-state index contributed by atoms with van der Waals surface area (Å²) in [4.78, 5) is 6.22. The Morgan fingerprint density at radius 3 is 2.43 bits per heavy atom. The third-order valence-electron chi connectivity index (χ3n) is 1.71. The Morgan fingerprint density at radius 1 is 1.00 bits per heavy atom. The van der Waals surface area contributed by atoms with Crippen molar-refractivity contribution in [3.05, 3.63) is 48.8 Å². The van der Waals surface area contributed by atoms with Crippen molar-refractivity contribution >= 4 is 11.8 Å². The van der Waals surface area contributed by atoms with E-state index >= 15 is 0 Å². The van der Waals surface area contributed by atoms with Crippen LogP contribution in [0.3, 0.4) is 0 Å². The summed E-state index contributed by atoms with van der Waals surface area (Å²) in [6.07, 6.45) is 3.57. The van der Waals surface area contributed by atoms with E-state index in [1.807, 2.05) is 30.5 Å². The van der Waals surface area contributed by atoms with Crippen LogP contribution in [0.1, 0.15) is 0 Å². The van der Waals surface area contributed by atoms with Gasteiger partial charge in [0.15, 0.2) is 0 Å². The average Bonchev–Trinajstić information content (AvgIpc) is 2.23. The van der Waals surface area contributed by atoms with Gasteiger partial charge in [-0.1, -0.05) is 11.8 Å². The monoisotopic (exact) mass is 203 g/mol. The van der Waals surface area contributed by atoms with Crippen molar-refractivity contribution in [2.24, 2.45) is 0 Å². The lowest BCUT2D eigenvalue weighted by molar-refractivity contribution is 0.475.